The minimum absolute atomic E-state index is 0.137. The molecule has 4 rings (SSSR count). The predicted molar refractivity (Wildman–Crippen MR) is 107 cm³/mol. The van der Waals surface area contributed by atoms with E-state index in [4.69, 9.17) is 15.8 Å². The van der Waals surface area contributed by atoms with Gasteiger partial charge in [0.25, 0.3) is 5.91 Å². The van der Waals surface area contributed by atoms with Crippen molar-refractivity contribution in [2.24, 2.45) is 0 Å². The smallest absolute Gasteiger partial charge is 0.275 e. The van der Waals surface area contributed by atoms with Crippen LogP contribution in [0.3, 0.4) is 0 Å². The van der Waals surface area contributed by atoms with Crippen LogP contribution in [0.2, 0.25) is 0 Å². The van der Waals surface area contributed by atoms with Crippen molar-refractivity contribution in [2.75, 3.05) is 6.54 Å². The molecule has 2 aromatic heterocycles. The van der Waals surface area contributed by atoms with E-state index in [0.717, 1.165) is 49.3 Å². The van der Waals surface area contributed by atoms with Gasteiger partial charge in [-0.15, -0.1) is 6.42 Å². The van der Waals surface area contributed by atoms with Gasteiger partial charge in [-0.05, 0) is 31.4 Å². The van der Waals surface area contributed by atoms with Gasteiger partial charge in [-0.1, -0.05) is 42.7 Å². The molecule has 5 nitrogen and oxygen atoms in total. The Bertz CT molecular complexity index is 981. The zero-order valence-electron chi connectivity index (χ0n) is 15.8. The van der Waals surface area contributed by atoms with Crippen LogP contribution >= 0.6 is 0 Å². The molecule has 1 aromatic carbocycles. The Morgan fingerprint density at radius 2 is 2.04 bits per heavy atom. The van der Waals surface area contributed by atoms with Gasteiger partial charge in [0.1, 0.15) is 17.3 Å². The first-order chi connectivity index (χ1) is 13.8. The number of hydrogen-bond donors (Lipinski definition) is 0. The molecular weight excluding hydrogens is 350 g/mol. The van der Waals surface area contributed by atoms with Crippen molar-refractivity contribution in [1.29, 1.82) is 0 Å². The van der Waals surface area contributed by atoms with Gasteiger partial charge < -0.3 is 13.9 Å². The van der Waals surface area contributed by atoms with Crippen molar-refractivity contribution in [1.82, 2.24) is 14.5 Å². The van der Waals surface area contributed by atoms with Crippen molar-refractivity contribution in [2.45, 2.75) is 38.8 Å². The van der Waals surface area contributed by atoms with Crippen LogP contribution in [0.4, 0.5) is 0 Å². The van der Waals surface area contributed by atoms with Crippen LogP contribution in [-0.4, -0.2) is 26.9 Å². The number of amides is 1. The van der Waals surface area contributed by atoms with Gasteiger partial charge in [-0.25, -0.2) is 4.98 Å². The second kappa shape index (κ2) is 8.18. The third-order valence-electron chi connectivity index (χ3n) is 5.10. The summed E-state index contributed by atoms with van der Waals surface area (Å²) in [6.45, 7) is 1.43. The fraction of sp³-hybridized carbons (Fsp3) is 0.304. The van der Waals surface area contributed by atoms with Crippen LogP contribution in [0.25, 0.3) is 11.4 Å². The maximum atomic E-state index is 13.4. The third-order valence-corrected chi connectivity index (χ3v) is 5.10. The summed E-state index contributed by atoms with van der Waals surface area (Å²) >= 11 is 0. The molecule has 1 aliphatic heterocycles. The Morgan fingerprint density at radius 3 is 2.79 bits per heavy atom. The Morgan fingerprint density at radius 1 is 1.18 bits per heavy atom. The van der Waals surface area contributed by atoms with E-state index >= 15 is 0 Å². The van der Waals surface area contributed by atoms with E-state index in [0.29, 0.717) is 18.0 Å². The molecule has 0 aliphatic carbocycles. The first kappa shape index (κ1) is 18.1. The topological polar surface area (TPSA) is 51.3 Å². The van der Waals surface area contributed by atoms with Crippen LogP contribution in [0.1, 0.15) is 41.2 Å². The molecule has 0 atom stereocenters. The van der Waals surface area contributed by atoms with Gasteiger partial charge in [-0.3, -0.25) is 4.79 Å². The minimum Gasteiger partial charge on any atom is -0.467 e. The monoisotopic (exact) mass is 373 g/mol. The number of nitrogens with zero attached hydrogens (tertiary/aromatic N) is 3. The maximum Gasteiger partial charge on any atom is 0.275 e. The molecule has 3 heterocycles. The van der Waals surface area contributed by atoms with Crippen LogP contribution < -0.4 is 0 Å². The first-order valence-electron chi connectivity index (χ1n) is 9.68. The molecule has 0 saturated carbocycles. The quantitative estimate of drug-likeness (QED) is 0.632. The number of hydrogen-bond acceptors (Lipinski definition) is 3. The van der Waals surface area contributed by atoms with Crippen molar-refractivity contribution in [3.63, 3.8) is 0 Å². The highest BCUT2D eigenvalue weighted by molar-refractivity contribution is 5.94. The summed E-state index contributed by atoms with van der Waals surface area (Å²) in [4.78, 5) is 19.8. The van der Waals surface area contributed by atoms with E-state index in [9.17, 15) is 4.79 Å². The molecule has 0 bridgehead atoms. The number of carbonyl (C=O) groups excluding carboxylic acids is 1. The lowest BCUT2D eigenvalue weighted by Gasteiger charge is -2.18. The summed E-state index contributed by atoms with van der Waals surface area (Å²) in [5.74, 6) is 4.02. The Kier molecular flexibility index (Phi) is 5.29. The molecule has 1 amide bonds. The lowest BCUT2D eigenvalue weighted by atomic mass is 10.1. The van der Waals surface area contributed by atoms with Crippen molar-refractivity contribution in [3.8, 4) is 23.7 Å². The first-order valence-corrected chi connectivity index (χ1v) is 9.68. The Labute approximate surface area is 165 Å². The van der Waals surface area contributed by atoms with Crippen LogP contribution in [-0.2, 0) is 19.5 Å². The van der Waals surface area contributed by atoms with Crippen LogP contribution in [0.5, 0.6) is 0 Å². The number of furan rings is 1. The van der Waals surface area contributed by atoms with E-state index in [1.165, 1.54) is 0 Å². The van der Waals surface area contributed by atoms with Crippen molar-refractivity contribution < 1.29 is 9.21 Å². The van der Waals surface area contributed by atoms with Crippen LogP contribution in [0, 0.1) is 12.3 Å². The second-order valence-corrected chi connectivity index (χ2v) is 7.00. The number of imidazole rings is 1. The SMILES string of the molecule is C#CCN(Cc1ccco1)C(=O)c1nc(-c2ccccc2)n2c1CCCCC2. The number of rotatable bonds is 5. The van der Waals surface area contributed by atoms with Gasteiger partial charge in [0.2, 0.25) is 0 Å². The van der Waals surface area contributed by atoms with E-state index in [-0.39, 0.29) is 12.5 Å². The van der Waals surface area contributed by atoms with Gasteiger partial charge >= 0.3 is 0 Å². The predicted octanol–water partition coefficient (Wildman–Crippen LogP) is 4.15. The number of benzene rings is 1. The van der Waals surface area contributed by atoms with Crippen molar-refractivity contribution in [3.05, 3.63) is 65.9 Å². The minimum atomic E-state index is -0.137. The number of fused-ring (bicyclic) bond motifs is 1. The standard InChI is InChI=1S/C23H23N3O2/c1-2-14-25(17-19-12-9-16-28-19)23(27)21-20-13-7-4-8-15-26(20)22(24-21)18-10-5-3-6-11-18/h1,3,5-6,9-12,16H,4,7-8,13-15,17H2. The fourth-order valence-corrected chi connectivity index (χ4v) is 3.75. The number of carbonyl (C=O) groups is 1. The molecule has 0 spiro atoms. The van der Waals surface area contributed by atoms with Gasteiger partial charge in [-0.2, -0.15) is 0 Å². The molecule has 0 saturated heterocycles. The Balaban J connectivity index is 1.74. The molecule has 28 heavy (non-hydrogen) atoms. The number of terminal acetylenes is 1. The normalized spacial score (nSPS) is 13.4. The highest BCUT2D eigenvalue weighted by Crippen LogP contribution is 2.28. The van der Waals surface area contributed by atoms with Gasteiger partial charge in [0, 0.05) is 12.1 Å². The maximum absolute atomic E-state index is 13.4. The molecule has 0 unspecified atom stereocenters. The van der Waals surface area contributed by atoms with E-state index in [1.807, 2.05) is 42.5 Å². The molecule has 1 aliphatic rings. The van der Waals surface area contributed by atoms with E-state index in [2.05, 4.69) is 10.5 Å². The second-order valence-electron chi connectivity index (χ2n) is 7.00. The van der Waals surface area contributed by atoms with Gasteiger partial charge in [0.05, 0.1) is 25.0 Å². The number of aromatic nitrogens is 2. The summed E-state index contributed by atoms with van der Waals surface area (Å²) in [6, 6.07) is 13.7. The van der Waals surface area contributed by atoms with Crippen molar-refractivity contribution >= 4 is 5.91 Å². The third kappa shape index (κ3) is 3.59. The zero-order valence-corrected chi connectivity index (χ0v) is 15.8. The lowest BCUT2D eigenvalue weighted by molar-refractivity contribution is 0.0748. The van der Waals surface area contributed by atoms with Gasteiger partial charge in [0.15, 0.2) is 0 Å². The molecular formula is C23H23N3O2. The lowest BCUT2D eigenvalue weighted by Crippen LogP contribution is -2.32. The average molecular weight is 373 g/mol. The largest absolute Gasteiger partial charge is 0.467 e. The summed E-state index contributed by atoms with van der Waals surface area (Å²) in [5, 5.41) is 0. The summed E-state index contributed by atoms with van der Waals surface area (Å²) < 4.78 is 7.63. The summed E-state index contributed by atoms with van der Waals surface area (Å²) in [6.07, 6.45) is 11.3. The molecule has 142 valence electrons. The molecule has 5 heteroatoms. The highest BCUT2D eigenvalue weighted by Gasteiger charge is 2.27. The highest BCUT2D eigenvalue weighted by atomic mass is 16.3. The van der Waals surface area contributed by atoms with Crippen LogP contribution in [0.15, 0.2) is 53.1 Å². The fourth-order valence-electron chi connectivity index (χ4n) is 3.75. The molecule has 0 fully saturated rings. The van der Waals surface area contributed by atoms with E-state index < -0.39 is 0 Å². The summed E-state index contributed by atoms with van der Waals surface area (Å²) in [5.41, 5.74) is 2.56. The molecule has 0 radical (unpaired) electrons. The molecule has 3 aromatic rings. The average Bonchev–Trinajstić information content (AvgIpc) is 3.29. The molecule has 0 N–H and O–H groups in total. The summed E-state index contributed by atoms with van der Waals surface area (Å²) in [7, 11) is 0. The Hall–Kier alpha value is -3.26. The van der Waals surface area contributed by atoms with E-state index in [1.54, 1.807) is 11.2 Å². The zero-order chi connectivity index (χ0) is 19.3.